The number of rotatable bonds is 0. The lowest BCUT2D eigenvalue weighted by Gasteiger charge is -2.56. The minimum absolute atomic E-state index is 0.0265. The Morgan fingerprint density at radius 1 is 1.18 bits per heavy atom. The highest BCUT2D eigenvalue weighted by Crippen LogP contribution is 2.62. The Labute approximate surface area is 131 Å². The van der Waals surface area contributed by atoms with Crippen molar-refractivity contribution in [2.24, 2.45) is 28.6 Å². The van der Waals surface area contributed by atoms with Gasteiger partial charge in [0.25, 0.3) is 0 Å². The summed E-state index contributed by atoms with van der Waals surface area (Å²) in [5.41, 5.74) is 0.541. The molecule has 0 aromatic carbocycles. The highest BCUT2D eigenvalue weighted by molar-refractivity contribution is 5.92. The van der Waals surface area contributed by atoms with E-state index in [2.05, 4.69) is 19.1 Å². The number of hydrogen-bond acceptors (Lipinski definition) is 3. The molecule has 6 atom stereocenters. The molecule has 0 aliphatic heterocycles. The first-order chi connectivity index (χ1) is 10.4. The highest BCUT2D eigenvalue weighted by Gasteiger charge is 2.61. The summed E-state index contributed by atoms with van der Waals surface area (Å²) in [6, 6.07) is 0. The second-order valence-corrected chi connectivity index (χ2v) is 8.13. The molecule has 4 aliphatic rings. The molecule has 1 N–H and O–H groups in total. The highest BCUT2D eigenvalue weighted by atomic mass is 16.3. The Hall–Kier alpha value is -1.22. The number of carbonyl (C=O) groups excluding carboxylic acids is 2. The molecule has 0 unspecified atom stereocenters. The van der Waals surface area contributed by atoms with Crippen LogP contribution in [0.5, 0.6) is 0 Å². The van der Waals surface area contributed by atoms with E-state index in [4.69, 9.17) is 0 Å². The van der Waals surface area contributed by atoms with Gasteiger partial charge in [0.05, 0.1) is 11.5 Å². The molecule has 2 fully saturated rings. The van der Waals surface area contributed by atoms with Gasteiger partial charge in [0.1, 0.15) is 5.78 Å². The fourth-order valence-corrected chi connectivity index (χ4v) is 5.75. The van der Waals surface area contributed by atoms with Crippen LogP contribution in [0.4, 0.5) is 0 Å². The minimum Gasteiger partial charge on any atom is -0.392 e. The Morgan fingerprint density at radius 2 is 1.95 bits per heavy atom. The molecule has 0 saturated heterocycles. The smallest absolute Gasteiger partial charge is 0.156 e. The normalized spacial score (nSPS) is 50.2. The Kier molecular flexibility index (Phi) is 2.88. The lowest BCUT2D eigenvalue weighted by atomic mass is 9.48. The zero-order valence-electron chi connectivity index (χ0n) is 13.3. The van der Waals surface area contributed by atoms with Crippen LogP contribution in [0.25, 0.3) is 0 Å². The molecule has 3 nitrogen and oxygen atoms in total. The van der Waals surface area contributed by atoms with E-state index < -0.39 is 11.5 Å². The summed E-state index contributed by atoms with van der Waals surface area (Å²) in [6.07, 6.45) is 9.26. The van der Waals surface area contributed by atoms with Crippen LogP contribution in [0.3, 0.4) is 0 Å². The van der Waals surface area contributed by atoms with E-state index in [0.29, 0.717) is 31.1 Å². The topological polar surface area (TPSA) is 54.4 Å². The van der Waals surface area contributed by atoms with Crippen molar-refractivity contribution in [1.29, 1.82) is 0 Å². The molecular weight excluding hydrogens is 276 g/mol. The molecular formula is C19H24O3. The van der Waals surface area contributed by atoms with Gasteiger partial charge in [0.2, 0.25) is 0 Å². The maximum Gasteiger partial charge on any atom is 0.156 e. The van der Waals surface area contributed by atoms with Crippen LogP contribution in [-0.2, 0) is 9.59 Å². The zero-order chi connectivity index (χ0) is 15.7. The van der Waals surface area contributed by atoms with Crippen LogP contribution in [0.1, 0.15) is 46.0 Å². The summed E-state index contributed by atoms with van der Waals surface area (Å²) >= 11 is 0. The number of ketones is 2. The van der Waals surface area contributed by atoms with Crippen molar-refractivity contribution in [3.05, 3.63) is 23.8 Å². The van der Waals surface area contributed by atoms with Gasteiger partial charge >= 0.3 is 0 Å². The number of hydrogen-bond donors (Lipinski definition) is 1. The van der Waals surface area contributed by atoms with Crippen LogP contribution in [0.2, 0.25) is 0 Å². The van der Waals surface area contributed by atoms with E-state index >= 15 is 0 Å². The Morgan fingerprint density at radius 3 is 2.73 bits per heavy atom. The van der Waals surface area contributed by atoms with Gasteiger partial charge in [-0.2, -0.15) is 0 Å². The van der Waals surface area contributed by atoms with Crippen LogP contribution in [-0.4, -0.2) is 22.8 Å². The number of aliphatic hydroxyl groups is 1. The molecule has 22 heavy (non-hydrogen) atoms. The van der Waals surface area contributed by atoms with Crippen LogP contribution < -0.4 is 0 Å². The quantitative estimate of drug-likeness (QED) is 0.748. The fraction of sp³-hybridized carbons (Fsp3) is 0.684. The van der Waals surface area contributed by atoms with Crippen LogP contribution >= 0.6 is 0 Å². The summed E-state index contributed by atoms with van der Waals surface area (Å²) < 4.78 is 0. The maximum atomic E-state index is 12.4. The molecule has 0 heterocycles. The van der Waals surface area contributed by atoms with Crippen molar-refractivity contribution < 1.29 is 14.7 Å². The van der Waals surface area contributed by atoms with E-state index in [1.165, 1.54) is 0 Å². The average Bonchev–Trinajstić information content (AvgIpc) is 2.79. The third kappa shape index (κ3) is 1.61. The fourth-order valence-electron chi connectivity index (χ4n) is 5.75. The molecule has 0 amide bonds. The van der Waals surface area contributed by atoms with Gasteiger partial charge in [-0.15, -0.1) is 0 Å². The van der Waals surface area contributed by atoms with Crippen molar-refractivity contribution in [2.45, 2.75) is 52.1 Å². The molecule has 0 aromatic rings. The number of aliphatic hydroxyl groups excluding tert-OH is 1. The molecule has 0 bridgehead atoms. The lowest BCUT2D eigenvalue weighted by Crippen LogP contribution is -2.55. The monoisotopic (exact) mass is 300 g/mol. The summed E-state index contributed by atoms with van der Waals surface area (Å²) in [7, 11) is 0. The van der Waals surface area contributed by atoms with Crippen LogP contribution in [0.15, 0.2) is 23.8 Å². The van der Waals surface area contributed by atoms with Crippen molar-refractivity contribution in [2.75, 3.05) is 0 Å². The summed E-state index contributed by atoms with van der Waals surface area (Å²) in [5.74, 6) is 1.40. The molecule has 0 aromatic heterocycles. The molecule has 4 aliphatic carbocycles. The number of allylic oxidation sites excluding steroid dienone is 4. The van der Waals surface area contributed by atoms with Crippen molar-refractivity contribution >= 4 is 11.6 Å². The van der Waals surface area contributed by atoms with Gasteiger partial charge < -0.3 is 5.11 Å². The van der Waals surface area contributed by atoms with E-state index in [9.17, 15) is 14.7 Å². The minimum atomic E-state index is -0.562. The second kappa shape index (κ2) is 4.41. The first kappa shape index (κ1) is 14.4. The van der Waals surface area contributed by atoms with Crippen molar-refractivity contribution in [3.63, 3.8) is 0 Å². The standard InChI is InChI=1S/C19H24O3/c1-18-8-7-12(20)9-11(18)3-4-13-14-5-6-16(21)19(14,2)17(22)10-15(13)18/h3-4,9,13-15,17,22H,5-8,10H2,1-2H3/t13-,14-,15-,17+,18-,19-/m0/s1. The predicted molar refractivity (Wildman–Crippen MR) is 83.0 cm³/mol. The molecule has 118 valence electrons. The van der Waals surface area contributed by atoms with Crippen LogP contribution in [0, 0.1) is 28.6 Å². The number of carbonyl (C=O) groups is 2. The number of Topliss-reactive ketones (excluding diaryl/α,β-unsaturated/α-hetero) is 1. The third-order valence-electron chi connectivity index (χ3n) is 7.34. The summed E-state index contributed by atoms with van der Waals surface area (Å²) in [5, 5.41) is 10.8. The maximum absolute atomic E-state index is 12.4. The van der Waals surface area contributed by atoms with E-state index in [1.54, 1.807) is 6.08 Å². The van der Waals surface area contributed by atoms with Gasteiger partial charge in [0, 0.05) is 12.8 Å². The summed E-state index contributed by atoms with van der Waals surface area (Å²) in [6.45, 7) is 4.22. The molecule has 0 spiro atoms. The van der Waals surface area contributed by atoms with Gasteiger partial charge in [-0.3, -0.25) is 9.59 Å². The van der Waals surface area contributed by atoms with E-state index in [1.807, 2.05) is 6.92 Å². The molecule has 0 radical (unpaired) electrons. The first-order valence-corrected chi connectivity index (χ1v) is 8.52. The number of fused-ring (bicyclic) bond motifs is 5. The molecule has 4 rings (SSSR count). The lowest BCUT2D eigenvalue weighted by molar-refractivity contribution is -0.145. The largest absolute Gasteiger partial charge is 0.392 e. The zero-order valence-corrected chi connectivity index (χ0v) is 13.3. The van der Waals surface area contributed by atoms with Gasteiger partial charge in [0.15, 0.2) is 5.78 Å². The Balaban J connectivity index is 1.80. The summed E-state index contributed by atoms with van der Waals surface area (Å²) in [4.78, 5) is 24.1. The first-order valence-electron chi connectivity index (χ1n) is 8.52. The van der Waals surface area contributed by atoms with Gasteiger partial charge in [-0.05, 0) is 61.0 Å². The Bertz CT molecular complexity index is 616. The van der Waals surface area contributed by atoms with E-state index in [-0.39, 0.29) is 22.9 Å². The van der Waals surface area contributed by atoms with Gasteiger partial charge in [-0.25, -0.2) is 0 Å². The molecule has 3 heteroatoms. The van der Waals surface area contributed by atoms with Crippen molar-refractivity contribution in [1.82, 2.24) is 0 Å². The molecule has 2 saturated carbocycles. The second-order valence-electron chi connectivity index (χ2n) is 8.13. The average molecular weight is 300 g/mol. The SMILES string of the molecule is C[C@@]12C(=O)CC[C@H]1[C@@H]1C=CC3=CC(=O)CC[C@]3(C)[C@H]1C[C@H]2O. The third-order valence-corrected chi connectivity index (χ3v) is 7.34. The van der Waals surface area contributed by atoms with Crippen molar-refractivity contribution in [3.8, 4) is 0 Å². The van der Waals surface area contributed by atoms with Gasteiger partial charge in [-0.1, -0.05) is 19.1 Å². The van der Waals surface area contributed by atoms with E-state index in [0.717, 1.165) is 18.4 Å². The predicted octanol–water partition coefficient (Wildman–Crippen LogP) is 2.83.